The first-order chi connectivity index (χ1) is 10.2. The molecule has 1 spiro atoms. The smallest absolute Gasteiger partial charge is 0.257 e. The molecule has 1 aromatic heterocycles. The molecule has 1 aliphatic heterocycles. The highest BCUT2D eigenvalue weighted by molar-refractivity contribution is 5.48. The van der Waals surface area contributed by atoms with Gasteiger partial charge in [0.2, 0.25) is 0 Å². The van der Waals surface area contributed by atoms with Gasteiger partial charge < -0.3 is 14.4 Å². The quantitative estimate of drug-likeness (QED) is 0.857. The number of hydrogen-bond acceptors (Lipinski definition) is 5. The highest BCUT2D eigenvalue weighted by Crippen LogP contribution is 2.41. The summed E-state index contributed by atoms with van der Waals surface area (Å²) in [6.07, 6.45) is 8.68. The van der Waals surface area contributed by atoms with Crippen molar-refractivity contribution in [2.75, 3.05) is 31.2 Å². The van der Waals surface area contributed by atoms with Gasteiger partial charge in [0.05, 0.1) is 19.3 Å². The van der Waals surface area contributed by atoms with E-state index >= 15 is 0 Å². The lowest BCUT2D eigenvalue weighted by molar-refractivity contribution is 0.0733. The van der Waals surface area contributed by atoms with Crippen LogP contribution in [0.4, 0.5) is 5.82 Å². The molecule has 1 saturated heterocycles. The van der Waals surface area contributed by atoms with E-state index in [2.05, 4.69) is 14.9 Å². The molecule has 0 amide bonds. The standard InChI is InChI=1S/C16H25N3O2/c1-13(2)21-15-14(17-7-8-18-15)19-9-10-20-12-16(11-19)5-3-4-6-16/h7-8,13H,3-6,9-12H2,1-2H3. The van der Waals surface area contributed by atoms with Crippen molar-refractivity contribution in [3.8, 4) is 5.88 Å². The molecule has 5 heteroatoms. The van der Waals surface area contributed by atoms with E-state index in [1.54, 1.807) is 12.4 Å². The number of ether oxygens (including phenoxy) is 2. The normalized spacial score (nSPS) is 21.8. The Morgan fingerprint density at radius 1 is 1.24 bits per heavy atom. The van der Waals surface area contributed by atoms with Crippen LogP contribution >= 0.6 is 0 Å². The van der Waals surface area contributed by atoms with E-state index in [-0.39, 0.29) is 6.10 Å². The first-order valence-electron chi connectivity index (χ1n) is 7.99. The molecule has 0 bridgehead atoms. The minimum atomic E-state index is 0.101. The van der Waals surface area contributed by atoms with Gasteiger partial charge in [-0.2, -0.15) is 0 Å². The first kappa shape index (κ1) is 14.6. The van der Waals surface area contributed by atoms with Crippen molar-refractivity contribution < 1.29 is 9.47 Å². The highest BCUT2D eigenvalue weighted by atomic mass is 16.5. The van der Waals surface area contributed by atoms with Gasteiger partial charge in [-0.05, 0) is 26.7 Å². The Labute approximate surface area is 126 Å². The summed E-state index contributed by atoms with van der Waals surface area (Å²) < 4.78 is 11.7. The molecule has 0 atom stereocenters. The lowest BCUT2D eigenvalue weighted by Crippen LogP contribution is -2.37. The van der Waals surface area contributed by atoms with Crippen molar-refractivity contribution in [3.05, 3.63) is 12.4 Å². The van der Waals surface area contributed by atoms with Crippen molar-refractivity contribution in [3.63, 3.8) is 0 Å². The van der Waals surface area contributed by atoms with Crippen LogP contribution in [0, 0.1) is 5.41 Å². The summed E-state index contributed by atoms with van der Waals surface area (Å²) in [6, 6.07) is 0. The zero-order chi connectivity index (χ0) is 14.7. The summed E-state index contributed by atoms with van der Waals surface area (Å²) in [5.41, 5.74) is 0.295. The van der Waals surface area contributed by atoms with Crippen molar-refractivity contribution in [2.45, 2.75) is 45.6 Å². The van der Waals surface area contributed by atoms with Gasteiger partial charge in [0.15, 0.2) is 5.82 Å². The lowest BCUT2D eigenvalue weighted by Gasteiger charge is -2.32. The zero-order valence-electron chi connectivity index (χ0n) is 13.0. The Morgan fingerprint density at radius 2 is 2.00 bits per heavy atom. The van der Waals surface area contributed by atoms with Crippen LogP contribution in [0.5, 0.6) is 5.88 Å². The zero-order valence-corrected chi connectivity index (χ0v) is 13.0. The topological polar surface area (TPSA) is 47.5 Å². The van der Waals surface area contributed by atoms with Crippen LogP contribution in [-0.4, -0.2) is 42.4 Å². The maximum absolute atomic E-state index is 5.87. The molecule has 5 nitrogen and oxygen atoms in total. The molecule has 2 fully saturated rings. The van der Waals surface area contributed by atoms with Crippen molar-refractivity contribution in [2.24, 2.45) is 5.41 Å². The molecule has 21 heavy (non-hydrogen) atoms. The van der Waals surface area contributed by atoms with E-state index in [4.69, 9.17) is 9.47 Å². The van der Waals surface area contributed by atoms with Crippen molar-refractivity contribution in [1.29, 1.82) is 0 Å². The van der Waals surface area contributed by atoms with Crippen LogP contribution in [0.3, 0.4) is 0 Å². The van der Waals surface area contributed by atoms with E-state index in [1.807, 2.05) is 13.8 Å². The van der Waals surface area contributed by atoms with E-state index < -0.39 is 0 Å². The minimum Gasteiger partial charge on any atom is -0.472 e. The van der Waals surface area contributed by atoms with Crippen LogP contribution in [0.15, 0.2) is 12.4 Å². The van der Waals surface area contributed by atoms with Crippen molar-refractivity contribution >= 4 is 5.82 Å². The molecular formula is C16H25N3O2. The summed E-state index contributed by atoms with van der Waals surface area (Å²) in [5, 5.41) is 0. The van der Waals surface area contributed by atoms with E-state index in [9.17, 15) is 0 Å². The van der Waals surface area contributed by atoms with Gasteiger partial charge in [0, 0.05) is 30.9 Å². The number of rotatable bonds is 3. The molecule has 116 valence electrons. The second-order valence-corrected chi connectivity index (χ2v) is 6.53. The van der Waals surface area contributed by atoms with Gasteiger partial charge in [-0.3, -0.25) is 0 Å². The molecule has 2 heterocycles. The lowest BCUT2D eigenvalue weighted by atomic mass is 9.87. The van der Waals surface area contributed by atoms with Gasteiger partial charge in [0.1, 0.15) is 0 Å². The fourth-order valence-corrected chi connectivity index (χ4v) is 3.44. The van der Waals surface area contributed by atoms with Gasteiger partial charge in [0.25, 0.3) is 5.88 Å². The second-order valence-electron chi connectivity index (χ2n) is 6.53. The molecule has 1 aromatic rings. The Balaban J connectivity index is 1.84. The van der Waals surface area contributed by atoms with Crippen LogP contribution < -0.4 is 9.64 Å². The maximum atomic E-state index is 5.87. The Kier molecular flexibility index (Phi) is 4.29. The summed E-state index contributed by atoms with van der Waals surface area (Å²) in [5.74, 6) is 1.51. The summed E-state index contributed by atoms with van der Waals surface area (Å²) in [7, 11) is 0. The van der Waals surface area contributed by atoms with Gasteiger partial charge in [-0.1, -0.05) is 12.8 Å². The number of aromatic nitrogens is 2. The van der Waals surface area contributed by atoms with Crippen LogP contribution in [0.2, 0.25) is 0 Å². The fourth-order valence-electron chi connectivity index (χ4n) is 3.44. The van der Waals surface area contributed by atoms with Gasteiger partial charge in [-0.15, -0.1) is 0 Å². The van der Waals surface area contributed by atoms with E-state index in [0.29, 0.717) is 11.3 Å². The van der Waals surface area contributed by atoms with Gasteiger partial charge in [-0.25, -0.2) is 9.97 Å². The average Bonchev–Trinajstić information content (AvgIpc) is 2.80. The molecule has 3 rings (SSSR count). The minimum absolute atomic E-state index is 0.101. The maximum Gasteiger partial charge on any atom is 0.257 e. The Hall–Kier alpha value is -1.36. The number of anilines is 1. The first-order valence-corrected chi connectivity index (χ1v) is 7.99. The number of hydrogen-bond donors (Lipinski definition) is 0. The molecule has 1 aliphatic carbocycles. The molecular weight excluding hydrogens is 266 g/mol. The molecule has 0 radical (unpaired) electrons. The predicted molar refractivity (Wildman–Crippen MR) is 81.7 cm³/mol. The third-order valence-electron chi connectivity index (χ3n) is 4.40. The van der Waals surface area contributed by atoms with E-state index in [0.717, 1.165) is 32.1 Å². The monoisotopic (exact) mass is 291 g/mol. The highest BCUT2D eigenvalue weighted by Gasteiger charge is 2.38. The van der Waals surface area contributed by atoms with E-state index in [1.165, 1.54) is 25.7 Å². The Morgan fingerprint density at radius 3 is 2.76 bits per heavy atom. The Bertz CT molecular complexity index is 472. The van der Waals surface area contributed by atoms with Crippen LogP contribution in [-0.2, 0) is 4.74 Å². The SMILES string of the molecule is CC(C)Oc1nccnc1N1CCOCC2(CCCC2)C1. The molecule has 0 aromatic carbocycles. The molecule has 0 N–H and O–H groups in total. The second kappa shape index (κ2) is 6.18. The molecule has 0 unspecified atom stereocenters. The van der Waals surface area contributed by atoms with Crippen molar-refractivity contribution in [1.82, 2.24) is 9.97 Å². The largest absolute Gasteiger partial charge is 0.472 e. The number of nitrogens with zero attached hydrogens (tertiary/aromatic N) is 3. The molecule has 2 aliphatic rings. The summed E-state index contributed by atoms with van der Waals surface area (Å²) in [6.45, 7) is 7.52. The molecule has 1 saturated carbocycles. The fraction of sp³-hybridized carbons (Fsp3) is 0.750. The van der Waals surface area contributed by atoms with Crippen LogP contribution in [0.25, 0.3) is 0 Å². The van der Waals surface area contributed by atoms with Gasteiger partial charge >= 0.3 is 0 Å². The summed E-state index contributed by atoms with van der Waals surface area (Å²) in [4.78, 5) is 11.2. The average molecular weight is 291 g/mol. The predicted octanol–water partition coefficient (Wildman–Crippen LogP) is 2.66. The third kappa shape index (κ3) is 3.28. The third-order valence-corrected chi connectivity index (χ3v) is 4.40. The summed E-state index contributed by atoms with van der Waals surface area (Å²) >= 11 is 0. The van der Waals surface area contributed by atoms with Crippen LogP contribution in [0.1, 0.15) is 39.5 Å².